The summed E-state index contributed by atoms with van der Waals surface area (Å²) in [6, 6.07) is 0. The van der Waals surface area contributed by atoms with Gasteiger partial charge in [-0.25, -0.2) is 0 Å². The summed E-state index contributed by atoms with van der Waals surface area (Å²) < 4.78 is 16.8. The van der Waals surface area contributed by atoms with Crippen LogP contribution in [0.3, 0.4) is 0 Å². The maximum Gasteiger partial charge on any atom is 0.306 e. The van der Waals surface area contributed by atoms with Crippen LogP contribution in [0.15, 0.2) is 97.2 Å². The zero-order valence-corrected chi connectivity index (χ0v) is 43.6. The molecule has 0 radical (unpaired) electrons. The Bertz CT molecular complexity index is 1350. The molecule has 6 nitrogen and oxygen atoms in total. The van der Waals surface area contributed by atoms with E-state index in [4.69, 9.17) is 14.2 Å². The van der Waals surface area contributed by atoms with Crippen molar-refractivity contribution in [3.05, 3.63) is 97.2 Å². The number of unbranched alkanes of at least 4 members (excludes halogenated alkanes) is 22. The first-order valence-electron chi connectivity index (χ1n) is 27.7. The fraction of sp³-hybridized carbons (Fsp3) is 0.689. The lowest BCUT2D eigenvalue weighted by Crippen LogP contribution is -2.30. The van der Waals surface area contributed by atoms with E-state index in [1.165, 1.54) is 103 Å². The maximum atomic E-state index is 12.8. The zero-order chi connectivity index (χ0) is 48.6. The summed E-state index contributed by atoms with van der Waals surface area (Å²) >= 11 is 0. The molecule has 0 N–H and O–H groups in total. The lowest BCUT2D eigenvalue weighted by Gasteiger charge is -2.18. The second-order valence-electron chi connectivity index (χ2n) is 18.1. The van der Waals surface area contributed by atoms with Crippen LogP contribution in [0, 0.1) is 0 Å². The minimum atomic E-state index is -0.814. The van der Waals surface area contributed by atoms with E-state index < -0.39 is 6.10 Å². The molecule has 0 aliphatic rings. The van der Waals surface area contributed by atoms with Gasteiger partial charge in [0.15, 0.2) is 6.10 Å². The fourth-order valence-electron chi connectivity index (χ4n) is 7.44. The van der Waals surface area contributed by atoms with E-state index in [1.807, 2.05) is 6.08 Å². The van der Waals surface area contributed by atoms with Gasteiger partial charge in [-0.3, -0.25) is 14.4 Å². The van der Waals surface area contributed by atoms with E-state index in [0.29, 0.717) is 19.3 Å². The van der Waals surface area contributed by atoms with Crippen LogP contribution in [0.2, 0.25) is 0 Å². The molecule has 6 heteroatoms. The van der Waals surface area contributed by atoms with Gasteiger partial charge in [0.2, 0.25) is 0 Å². The van der Waals surface area contributed by atoms with Crippen molar-refractivity contribution in [2.45, 2.75) is 258 Å². The molecule has 0 saturated heterocycles. The molecule has 0 fully saturated rings. The third-order valence-corrected chi connectivity index (χ3v) is 11.6. The summed E-state index contributed by atoms with van der Waals surface area (Å²) in [5.41, 5.74) is 0. The van der Waals surface area contributed by atoms with Crippen molar-refractivity contribution in [2.24, 2.45) is 0 Å². The van der Waals surface area contributed by atoms with Crippen LogP contribution in [0.1, 0.15) is 252 Å². The summed E-state index contributed by atoms with van der Waals surface area (Å²) in [4.78, 5) is 38.1. The number of hydrogen-bond acceptors (Lipinski definition) is 6. The third-order valence-electron chi connectivity index (χ3n) is 11.6. The average molecular weight is 931 g/mol. The van der Waals surface area contributed by atoms with E-state index in [9.17, 15) is 14.4 Å². The molecule has 0 rings (SSSR count). The molecule has 0 aromatic rings. The Labute approximate surface area is 413 Å². The number of esters is 3. The second kappa shape index (κ2) is 54.9. The summed E-state index contributed by atoms with van der Waals surface area (Å²) in [7, 11) is 0. The van der Waals surface area contributed by atoms with Crippen LogP contribution in [0.4, 0.5) is 0 Å². The molecule has 0 spiro atoms. The van der Waals surface area contributed by atoms with Crippen molar-refractivity contribution >= 4 is 17.9 Å². The van der Waals surface area contributed by atoms with E-state index >= 15 is 0 Å². The lowest BCUT2D eigenvalue weighted by atomic mass is 10.0. The highest BCUT2D eigenvalue weighted by atomic mass is 16.6. The van der Waals surface area contributed by atoms with E-state index in [-0.39, 0.29) is 37.5 Å². The number of carbonyl (C=O) groups is 3. The molecule has 0 saturated carbocycles. The van der Waals surface area contributed by atoms with Crippen LogP contribution >= 0.6 is 0 Å². The third kappa shape index (κ3) is 53.2. The van der Waals surface area contributed by atoms with Gasteiger partial charge in [0, 0.05) is 19.3 Å². The first-order valence-corrected chi connectivity index (χ1v) is 27.7. The normalized spacial score (nSPS) is 12.8. The summed E-state index contributed by atoms with van der Waals surface area (Å²) in [5, 5.41) is 0. The fourth-order valence-corrected chi connectivity index (χ4v) is 7.44. The molecule has 1 atom stereocenters. The Morgan fingerprint density at radius 1 is 0.313 bits per heavy atom. The molecule has 0 heterocycles. The van der Waals surface area contributed by atoms with E-state index in [1.54, 1.807) is 0 Å². The van der Waals surface area contributed by atoms with Crippen LogP contribution in [0.5, 0.6) is 0 Å². The molecule has 0 aliphatic carbocycles. The molecule has 0 amide bonds. The van der Waals surface area contributed by atoms with Gasteiger partial charge in [-0.2, -0.15) is 0 Å². The van der Waals surface area contributed by atoms with Crippen LogP contribution in [-0.2, 0) is 28.6 Å². The number of ether oxygens (including phenoxy) is 3. The van der Waals surface area contributed by atoms with Crippen LogP contribution in [-0.4, -0.2) is 37.2 Å². The predicted octanol–water partition coefficient (Wildman–Crippen LogP) is 18.5. The highest BCUT2D eigenvalue weighted by Crippen LogP contribution is 2.15. The monoisotopic (exact) mass is 931 g/mol. The molecule has 382 valence electrons. The minimum absolute atomic E-state index is 0.108. The van der Waals surface area contributed by atoms with Gasteiger partial charge in [0.25, 0.3) is 0 Å². The predicted molar refractivity (Wildman–Crippen MR) is 288 cm³/mol. The highest BCUT2D eigenvalue weighted by molar-refractivity contribution is 5.71. The zero-order valence-electron chi connectivity index (χ0n) is 43.6. The van der Waals surface area contributed by atoms with Gasteiger partial charge in [0.05, 0.1) is 0 Å². The molecule has 0 aromatic heterocycles. The van der Waals surface area contributed by atoms with Crippen LogP contribution < -0.4 is 0 Å². The van der Waals surface area contributed by atoms with Gasteiger partial charge in [-0.05, 0) is 89.9 Å². The summed E-state index contributed by atoms with van der Waals surface area (Å²) in [5.74, 6) is -1.01. The van der Waals surface area contributed by atoms with Crippen molar-refractivity contribution in [3.8, 4) is 0 Å². The second-order valence-corrected chi connectivity index (χ2v) is 18.1. The largest absolute Gasteiger partial charge is 0.462 e. The molecule has 67 heavy (non-hydrogen) atoms. The smallest absolute Gasteiger partial charge is 0.306 e. The minimum Gasteiger partial charge on any atom is -0.462 e. The molecular formula is C61H102O6. The Hall–Kier alpha value is -3.67. The standard InChI is InChI=1S/C61H102O6/c1-4-7-10-13-16-19-22-25-28-29-30-31-34-36-39-42-45-48-51-54-60(63)66-57-58(67-61(64)55-52-49-46-43-40-37-33-27-24-21-18-15-12-9-6-3)56-65-59(62)53-50-47-44-41-38-35-32-26-23-20-17-14-11-8-5-2/h8,11,16-17,19-20,25-26,28,30-32,36,39,45,48,58H,4-7,9-10,12-15,18,21-24,27,29,33-35,37-38,40-44,46-47,49-57H2,1-3H3/b11-8-,19-16-,20-17-,28-25-,31-30-,32-26-,39-36-,48-45-/t58-/m1/s1. The molecule has 0 unspecified atom stereocenters. The molecular weight excluding hydrogens is 829 g/mol. The Morgan fingerprint density at radius 3 is 1.03 bits per heavy atom. The van der Waals surface area contributed by atoms with Crippen LogP contribution in [0.25, 0.3) is 0 Å². The Balaban J connectivity index is 4.51. The van der Waals surface area contributed by atoms with Gasteiger partial charge in [-0.1, -0.05) is 240 Å². The van der Waals surface area contributed by atoms with Gasteiger partial charge < -0.3 is 14.2 Å². The van der Waals surface area contributed by atoms with Crippen molar-refractivity contribution in [1.82, 2.24) is 0 Å². The first-order chi connectivity index (χ1) is 33.0. The first kappa shape index (κ1) is 63.3. The van der Waals surface area contributed by atoms with Crippen molar-refractivity contribution in [2.75, 3.05) is 13.2 Å². The SMILES string of the molecule is CC/C=C\C/C=C\C/C=C\CCCCCCCC(=O)OC[C@H](COC(=O)CC/C=C\C/C=C\C/C=C\C/C=C\C/C=C\CCCCC)OC(=O)CCCCCCCCCCCCCCCCC. The Morgan fingerprint density at radius 2 is 0.612 bits per heavy atom. The number of hydrogen-bond donors (Lipinski definition) is 0. The van der Waals surface area contributed by atoms with Gasteiger partial charge in [-0.15, -0.1) is 0 Å². The Kier molecular flexibility index (Phi) is 51.9. The summed E-state index contributed by atoms with van der Waals surface area (Å²) in [6.07, 6.45) is 72.6. The number of rotatable bonds is 49. The number of carbonyl (C=O) groups excluding carboxylic acids is 3. The van der Waals surface area contributed by atoms with Gasteiger partial charge >= 0.3 is 17.9 Å². The average Bonchev–Trinajstić information content (AvgIpc) is 3.33. The number of allylic oxidation sites excluding steroid dienone is 16. The molecule has 0 aromatic carbocycles. The summed E-state index contributed by atoms with van der Waals surface area (Å²) in [6.45, 7) is 6.43. The van der Waals surface area contributed by atoms with Gasteiger partial charge in [0.1, 0.15) is 13.2 Å². The van der Waals surface area contributed by atoms with Crippen molar-refractivity contribution in [3.63, 3.8) is 0 Å². The molecule has 0 bridgehead atoms. The topological polar surface area (TPSA) is 78.9 Å². The van der Waals surface area contributed by atoms with Crippen molar-refractivity contribution < 1.29 is 28.6 Å². The van der Waals surface area contributed by atoms with E-state index in [0.717, 1.165) is 103 Å². The molecule has 0 aliphatic heterocycles. The lowest BCUT2D eigenvalue weighted by molar-refractivity contribution is -0.166. The highest BCUT2D eigenvalue weighted by Gasteiger charge is 2.19. The van der Waals surface area contributed by atoms with E-state index in [2.05, 4.69) is 112 Å². The maximum absolute atomic E-state index is 12.8. The van der Waals surface area contributed by atoms with Crippen molar-refractivity contribution in [1.29, 1.82) is 0 Å². The quantitative estimate of drug-likeness (QED) is 0.0262.